The lowest BCUT2D eigenvalue weighted by molar-refractivity contribution is 0.0755. The van der Waals surface area contributed by atoms with Crippen molar-refractivity contribution in [3.8, 4) is 0 Å². The Bertz CT molecular complexity index is 598. The molecular weight excluding hydrogens is 328 g/mol. The van der Waals surface area contributed by atoms with E-state index in [-0.39, 0.29) is 6.10 Å². The Morgan fingerprint density at radius 3 is 3.05 bits per heavy atom. The summed E-state index contributed by atoms with van der Waals surface area (Å²) in [6.45, 7) is 0. The van der Waals surface area contributed by atoms with Crippen LogP contribution in [0.5, 0.6) is 0 Å². The fourth-order valence-electron chi connectivity index (χ4n) is 3.06. The third-order valence-electron chi connectivity index (χ3n) is 3.90. The minimum absolute atomic E-state index is 0.262. The lowest BCUT2D eigenvalue weighted by Gasteiger charge is -2.22. The van der Waals surface area contributed by atoms with E-state index < -0.39 is 0 Å². The molecule has 1 aromatic carbocycles. The summed E-state index contributed by atoms with van der Waals surface area (Å²) in [6.07, 6.45) is 3.69. The molecular formula is C14H16BrClN2O. The molecule has 1 heterocycles. The minimum atomic E-state index is 0.262. The van der Waals surface area contributed by atoms with E-state index in [1.807, 2.05) is 12.1 Å². The number of methoxy groups -OCH3 is 1. The maximum atomic E-state index is 6.08. The monoisotopic (exact) mass is 342 g/mol. The van der Waals surface area contributed by atoms with Crippen LogP contribution in [-0.4, -0.2) is 22.8 Å². The lowest BCUT2D eigenvalue weighted by Crippen LogP contribution is -2.22. The highest BCUT2D eigenvalue weighted by atomic mass is 79.9. The van der Waals surface area contributed by atoms with E-state index in [0.717, 1.165) is 34.2 Å². The molecule has 1 aliphatic carbocycles. The lowest BCUT2D eigenvalue weighted by atomic mass is 10.2. The van der Waals surface area contributed by atoms with Crippen LogP contribution in [0.15, 0.2) is 22.7 Å². The van der Waals surface area contributed by atoms with Crippen LogP contribution in [0, 0.1) is 0 Å². The van der Waals surface area contributed by atoms with Gasteiger partial charge in [-0.15, -0.1) is 11.6 Å². The Hall–Kier alpha value is -0.580. The molecule has 5 heteroatoms. The number of hydrogen-bond donors (Lipinski definition) is 0. The van der Waals surface area contributed by atoms with Gasteiger partial charge < -0.3 is 9.30 Å². The Kier molecular flexibility index (Phi) is 3.83. The molecule has 0 bridgehead atoms. The molecule has 0 aliphatic heterocycles. The summed E-state index contributed by atoms with van der Waals surface area (Å²) in [4.78, 5) is 4.64. The number of benzene rings is 1. The number of ether oxygens (including phenoxy) is 1. The summed E-state index contributed by atoms with van der Waals surface area (Å²) in [5, 5.41) is 0. The minimum Gasteiger partial charge on any atom is -0.379 e. The molecule has 0 amide bonds. The van der Waals surface area contributed by atoms with Crippen LogP contribution in [0.1, 0.15) is 31.1 Å². The van der Waals surface area contributed by atoms with Gasteiger partial charge in [0, 0.05) is 11.6 Å². The van der Waals surface area contributed by atoms with Gasteiger partial charge >= 0.3 is 0 Å². The van der Waals surface area contributed by atoms with Crippen LogP contribution in [0.2, 0.25) is 0 Å². The van der Waals surface area contributed by atoms with Crippen molar-refractivity contribution in [3.05, 3.63) is 28.5 Å². The van der Waals surface area contributed by atoms with E-state index in [2.05, 4.69) is 31.5 Å². The van der Waals surface area contributed by atoms with Crippen LogP contribution in [-0.2, 0) is 10.6 Å². The number of halogens is 2. The number of rotatable bonds is 3. The number of fused-ring (bicyclic) bond motifs is 1. The van der Waals surface area contributed by atoms with Gasteiger partial charge in [0.2, 0.25) is 0 Å². The predicted molar refractivity (Wildman–Crippen MR) is 80.7 cm³/mol. The molecule has 0 radical (unpaired) electrons. The molecule has 19 heavy (non-hydrogen) atoms. The first-order valence-electron chi connectivity index (χ1n) is 6.49. The first-order chi connectivity index (χ1) is 9.24. The molecule has 1 aliphatic rings. The van der Waals surface area contributed by atoms with Crippen LogP contribution < -0.4 is 0 Å². The van der Waals surface area contributed by atoms with E-state index in [4.69, 9.17) is 16.3 Å². The molecule has 0 N–H and O–H groups in total. The third kappa shape index (κ3) is 2.30. The molecule has 1 saturated carbocycles. The molecule has 0 saturated heterocycles. The molecule has 0 spiro atoms. The molecule has 2 aromatic rings. The average Bonchev–Trinajstić information content (AvgIpc) is 3.00. The fourth-order valence-corrected chi connectivity index (χ4v) is 3.59. The van der Waals surface area contributed by atoms with Gasteiger partial charge in [0.25, 0.3) is 0 Å². The SMILES string of the molecule is COC1CCCC1n1c(CCl)nc2ccc(Br)cc21. The zero-order valence-electron chi connectivity index (χ0n) is 10.8. The number of hydrogen-bond acceptors (Lipinski definition) is 2. The van der Waals surface area contributed by atoms with Crippen molar-refractivity contribution in [1.82, 2.24) is 9.55 Å². The Balaban J connectivity index is 2.17. The highest BCUT2D eigenvalue weighted by Crippen LogP contribution is 2.36. The van der Waals surface area contributed by atoms with Crippen molar-refractivity contribution >= 4 is 38.6 Å². The standard InChI is InChI=1S/C14H16BrClN2O/c1-19-13-4-2-3-11(13)18-12-7-9(15)5-6-10(12)17-14(18)8-16/h5-7,11,13H,2-4,8H2,1H3. The second-order valence-corrected chi connectivity index (χ2v) is 6.12. The molecule has 3 rings (SSSR count). The highest BCUT2D eigenvalue weighted by Gasteiger charge is 2.31. The van der Waals surface area contributed by atoms with Crippen LogP contribution in [0.25, 0.3) is 11.0 Å². The van der Waals surface area contributed by atoms with Gasteiger partial charge in [0.05, 0.1) is 29.1 Å². The smallest absolute Gasteiger partial charge is 0.125 e. The van der Waals surface area contributed by atoms with E-state index >= 15 is 0 Å². The number of alkyl halides is 1. The van der Waals surface area contributed by atoms with Crippen LogP contribution in [0.3, 0.4) is 0 Å². The van der Waals surface area contributed by atoms with E-state index in [1.54, 1.807) is 7.11 Å². The van der Waals surface area contributed by atoms with E-state index in [0.29, 0.717) is 11.9 Å². The number of nitrogens with zero attached hydrogens (tertiary/aromatic N) is 2. The van der Waals surface area contributed by atoms with Gasteiger partial charge in [-0.25, -0.2) is 4.98 Å². The highest BCUT2D eigenvalue weighted by molar-refractivity contribution is 9.10. The molecule has 2 atom stereocenters. The van der Waals surface area contributed by atoms with Crippen molar-refractivity contribution in [3.63, 3.8) is 0 Å². The first kappa shape index (κ1) is 13.4. The zero-order chi connectivity index (χ0) is 13.4. The van der Waals surface area contributed by atoms with Gasteiger partial charge in [-0.2, -0.15) is 0 Å². The average molecular weight is 344 g/mol. The summed E-state index contributed by atoms with van der Waals surface area (Å²) < 4.78 is 8.96. The van der Waals surface area contributed by atoms with Crippen molar-refractivity contribution < 1.29 is 4.74 Å². The van der Waals surface area contributed by atoms with Crippen molar-refractivity contribution in [2.24, 2.45) is 0 Å². The number of aromatic nitrogens is 2. The second kappa shape index (κ2) is 5.43. The maximum absolute atomic E-state index is 6.08. The summed E-state index contributed by atoms with van der Waals surface area (Å²) in [6, 6.07) is 6.50. The summed E-state index contributed by atoms with van der Waals surface area (Å²) >= 11 is 9.61. The third-order valence-corrected chi connectivity index (χ3v) is 4.63. The van der Waals surface area contributed by atoms with Crippen LogP contribution in [0.4, 0.5) is 0 Å². The molecule has 1 fully saturated rings. The van der Waals surface area contributed by atoms with Crippen LogP contribution >= 0.6 is 27.5 Å². The summed E-state index contributed by atoms with van der Waals surface area (Å²) in [5.74, 6) is 1.36. The van der Waals surface area contributed by atoms with E-state index in [1.165, 1.54) is 6.42 Å². The van der Waals surface area contributed by atoms with Gasteiger partial charge in [-0.3, -0.25) is 0 Å². The van der Waals surface area contributed by atoms with Crippen molar-refractivity contribution in [1.29, 1.82) is 0 Å². The summed E-state index contributed by atoms with van der Waals surface area (Å²) in [7, 11) is 1.79. The maximum Gasteiger partial charge on any atom is 0.125 e. The Morgan fingerprint density at radius 1 is 1.47 bits per heavy atom. The molecule has 1 aromatic heterocycles. The topological polar surface area (TPSA) is 27.1 Å². The molecule has 3 nitrogen and oxygen atoms in total. The predicted octanol–water partition coefficient (Wildman–Crippen LogP) is 4.28. The first-order valence-corrected chi connectivity index (χ1v) is 7.82. The van der Waals surface area contributed by atoms with E-state index in [9.17, 15) is 0 Å². The number of imidazole rings is 1. The fraction of sp³-hybridized carbons (Fsp3) is 0.500. The van der Waals surface area contributed by atoms with Gasteiger partial charge in [0.1, 0.15) is 5.82 Å². The van der Waals surface area contributed by atoms with Crippen molar-refractivity contribution in [2.45, 2.75) is 37.3 Å². The van der Waals surface area contributed by atoms with Gasteiger partial charge in [-0.1, -0.05) is 15.9 Å². The largest absolute Gasteiger partial charge is 0.379 e. The quantitative estimate of drug-likeness (QED) is 0.778. The second-order valence-electron chi connectivity index (χ2n) is 4.94. The van der Waals surface area contributed by atoms with Gasteiger partial charge in [0.15, 0.2) is 0 Å². The molecule has 2 unspecified atom stereocenters. The summed E-state index contributed by atoms with van der Waals surface area (Å²) in [5.41, 5.74) is 2.14. The van der Waals surface area contributed by atoms with Crippen molar-refractivity contribution in [2.75, 3.05) is 7.11 Å². The Labute approximate surface area is 126 Å². The normalized spacial score (nSPS) is 23.3. The van der Waals surface area contributed by atoms with Gasteiger partial charge in [-0.05, 0) is 37.5 Å². The Morgan fingerprint density at radius 2 is 2.32 bits per heavy atom. The molecule has 102 valence electrons. The zero-order valence-corrected chi connectivity index (χ0v) is 13.1.